The molecule has 0 aliphatic rings. The zero-order chi connectivity index (χ0) is 19.8. The Labute approximate surface area is 136 Å². The summed E-state index contributed by atoms with van der Waals surface area (Å²) in [6.45, 7) is 0. The molecule has 25 heavy (non-hydrogen) atoms. The van der Waals surface area contributed by atoms with Crippen molar-refractivity contribution in [1.29, 1.82) is 0 Å². The van der Waals surface area contributed by atoms with Gasteiger partial charge in [-0.3, -0.25) is 4.79 Å². The van der Waals surface area contributed by atoms with Crippen molar-refractivity contribution in [2.75, 3.05) is 12.4 Å². The van der Waals surface area contributed by atoms with E-state index in [0.29, 0.717) is 11.3 Å². The van der Waals surface area contributed by atoms with E-state index in [0.717, 1.165) is 23.9 Å². The summed E-state index contributed by atoms with van der Waals surface area (Å²) in [5.74, 6) is -25.1. The molecule has 0 saturated carbocycles. The summed E-state index contributed by atoms with van der Waals surface area (Å²) in [5.41, 5.74) is -0.826. The van der Waals surface area contributed by atoms with Gasteiger partial charge in [0.25, 0.3) is 0 Å². The second-order valence-corrected chi connectivity index (χ2v) is 5.25. The molecule has 0 aliphatic carbocycles. The highest BCUT2D eigenvalue weighted by Gasteiger charge is 2.83. The lowest BCUT2D eigenvalue weighted by Crippen LogP contribution is -2.64. The topological polar surface area (TPSA) is 55.4 Å². The number of anilines is 1. The molecular weight excluding hydrogens is 397 g/mol. The summed E-state index contributed by atoms with van der Waals surface area (Å²) in [7, 11) is 0.848. The Bertz CT molecular complexity index is 668. The highest BCUT2D eigenvalue weighted by molar-refractivity contribution is 7.12. The van der Waals surface area contributed by atoms with Gasteiger partial charge in [-0.1, -0.05) is 0 Å². The van der Waals surface area contributed by atoms with Gasteiger partial charge in [0.15, 0.2) is 0 Å². The number of amides is 1. The van der Waals surface area contributed by atoms with Crippen molar-refractivity contribution in [3.8, 4) is 0 Å². The van der Waals surface area contributed by atoms with E-state index in [4.69, 9.17) is 0 Å². The van der Waals surface area contributed by atoms with Crippen molar-refractivity contribution in [1.82, 2.24) is 0 Å². The van der Waals surface area contributed by atoms with Crippen LogP contribution in [0.4, 0.5) is 45.2 Å². The summed E-state index contributed by atoms with van der Waals surface area (Å²) < 4.78 is 118. The first kappa shape index (κ1) is 21.1. The summed E-state index contributed by atoms with van der Waals surface area (Å²) in [6, 6.07) is 0.755. The lowest BCUT2D eigenvalue weighted by atomic mass is 10.0. The Morgan fingerprint density at radius 3 is 1.96 bits per heavy atom. The van der Waals surface area contributed by atoms with E-state index in [1.54, 1.807) is 0 Å². The molecule has 0 bridgehead atoms. The third-order valence-electron chi connectivity index (χ3n) is 2.71. The van der Waals surface area contributed by atoms with E-state index < -0.39 is 46.4 Å². The number of esters is 1. The molecule has 0 aliphatic heterocycles. The maximum absolute atomic E-state index is 13.4. The van der Waals surface area contributed by atoms with Crippen LogP contribution in [0.15, 0.2) is 11.4 Å². The van der Waals surface area contributed by atoms with Gasteiger partial charge in [0, 0.05) is 0 Å². The van der Waals surface area contributed by atoms with Crippen LogP contribution in [0.3, 0.4) is 0 Å². The summed E-state index contributed by atoms with van der Waals surface area (Å²) >= 11 is 0.502. The summed E-state index contributed by atoms with van der Waals surface area (Å²) in [6.07, 6.45) is -7.04. The second-order valence-electron chi connectivity index (χ2n) is 4.33. The van der Waals surface area contributed by atoms with Gasteiger partial charge in [0.05, 0.1) is 12.8 Å². The first-order chi connectivity index (χ1) is 11.1. The molecular formula is C11H6F9NO3S. The van der Waals surface area contributed by atoms with Gasteiger partial charge in [-0.2, -0.15) is 39.5 Å². The molecule has 1 aromatic rings. The normalized spacial score (nSPS) is 13.5. The molecule has 4 nitrogen and oxygen atoms in total. The van der Waals surface area contributed by atoms with Gasteiger partial charge >= 0.3 is 35.8 Å². The fourth-order valence-corrected chi connectivity index (χ4v) is 2.14. The van der Waals surface area contributed by atoms with Crippen molar-refractivity contribution in [2.24, 2.45) is 0 Å². The number of nitrogens with one attached hydrogen (secondary N) is 1. The van der Waals surface area contributed by atoms with Gasteiger partial charge in [0.1, 0.15) is 4.88 Å². The van der Waals surface area contributed by atoms with Crippen molar-refractivity contribution >= 4 is 28.9 Å². The molecule has 1 aromatic heterocycles. The molecule has 0 radical (unpaired) electrons. The number of hydrogen-bond acceptors (Lipinski definition) is 4. The molecule has 0 unspecified atom stereocenters. The average molecular weight is 403 g/mol. The van der Waals surface area contributed by atoms with Crippen LogP contribution in [0.5, 0.6) is 0 Å². The lowest BCUT2D eigenvalue weighted by molar-refractivity contribution is -0.388. The largest absolute Gasteiger partial charge is 0.465 e. The Hall–Kier alpha value is -1.99. The van der Waals surface area contributed by atoms with Crippen LogP contribution in [0, 0.1) is 0 Å². The molecule has 1 rings (SSSR count). The molecule has 0 spiro atoms. The molecule has 0 aromatic carbocycles. The van der Waals surface area contributed by atoms with Gasteiger partial charge in [0.2, 0.25) is 0 Å². The number of halogens is 9. The number of rotatable bonds is 5. The molecule has 1 N–H and O–H groups in total. The van der Waals surface area contributed by atoms with Crippen LogP contribution in [0.25, 0.3) is 0 Å². The number of carbonyl (C=O) groups excluding carboxylic acids is 2. The Morgan fingerprint density at radius 1 is 1.00 bits per heavy atom. The quantitative estimate of drug-likeness (QED) is 0.599. The van der Waals surface area contributed by atoms with Crippen LogP contribution in [0.2, 0.25) is 0 Å². The van der Waals surface area contributed by atoms with E-state index in [1.807, 2.05) is 0 Å². The van der Waals surface area contributed by atoms with Crippen LogP contribution < -0.4 is 5.32 Å². The Kier molecular flexibility index (Phi) is 5.38. The van der Waals surface area contributed by atoms with E-state index in [2.05, 4.69) is 4.74 Å². The van der Waals surface area contributed by atoms with E-state index in [-0.39, 0.29) is 0 Å². The Morgan fingerprint density at radius 2 is 1.52 bits per heavy atom. The van der Waals surface area contributed by atoms with Gasteiger partial charge < -0.3 is 10.1 Å². The minimum absolute atomic E-state index is 0.502. The first-order valence-electron chi connectivity index (χ1n) is 5.78. The zero-order valence-electron chi connectivity index (χ0n) is 11.7. The third kappa shape index (κ3) is 3.39. The molecule has 14 heteroatoms. The van der Waals surface area contributed by atoms with E-state index >= 15 is 0 Å². The standard InChI is InChI=1S/C11H6F9NO3S/c1-24-6(22)5-4(2-3-25-5)21-7(23)8(12,13)9(14,15)10(16,17)11(18,19)20/h2-3H,1H3,(H,21,23). The first-order valence-corrected chi connectivity index (χ1v) is 6.66. The van der Waals surface area contributed by atoms with Crippen molar-refractivity contribution < 1.29 is 53.8 Å². The monoisotopic (exact) mass is 403 g/mol. The maximum Gasteiger partial charge on any atom is 0.460 e. The lowest BCUT2D eigenvalue weighted by Gasteiger charge is -2.32. The van der Waals surface area contributed by atoms with E-state index in [9.17, 15) is 49.1 Å². The summed E-state index contributed by atoms with van der Waals surface area (Å²) in [4.78, 5) is 21.9. The molecule has 0 fully saturated rings. The third-order valence-corrected chi connectivity index (χ3v) is 3.61. The fraction of sp³-hybridized carbons (Fsp3) is 0.455. The number of carbonyl (C=O) groups is 2. The van der Waals surface area contributed by atoms with Gasteiger partial charge in [-0.05, 0) is 11.4 Å². The molecule has 0 atom stereocenters. The van der Waals surface area contributed by atoms with Gasteiger partial charge in [-0.15, -0.1) is 11.3 Å². The number of thiophene rings is 1. The summed E-state index contributed by atoms with van der Waals surface area (Å²) in [5, 5.41) is 2.03. The molecule has 1 heterocycles. The number of hydrogen-bond donors (Lipinski definition) is 1. The van der Waals surface area contributed by atoms with Gasteiger partial charge in [-0.25, -0.2) is 4.79 Å². The van der Waals surface area contributed by atoms with Crippen molar-refractivity contribution in [3.05, 3.63) is 16.3 Å². The Balaban J connectivity index is 3.20. The molecule has 1 amide bonds. The smallest absolute Gasteiger partial charge is 0.460 e. The maximum atomic E-state index is 13.4. The SMILES string of the molecule is COC(=O)c1sccc1NC(=O)C(F)(F)C(F)(F)C(F)(F)C(F)(F)F. The number of alkyl halides is 9. The predicted molar refractivity (Wildman–Crippen MR) is 65.2 cm³/mol. The predicted octanol–water partition coefficient (Wildman–Crippen LogP) is 3.94. The fourth-order valence-electron chi connectivity index (χ4n) is 1.38. The van der Waals surface area contributed by atoms with Crippen LogP contribution in [0.1, 0.15) is 9.67 Å². The minimum atomic E-state index is -7.19. The van der Waals surface area contributed by atoms with Crippen molar-refractivity contribution in [3.63, 3.8) is 0 Å². The number of methoxy groups -OCH3 is 1. The second kappa shape index (κ2) is 6.38. The highest BCUT2D eigenvalue weighted by Crippen LogP contribution is 2.53. The minimum Gasteiger partial charge on any atom is -0.465 e. The van der Waals surface area contributed by atoms with Crippen LogP contribution >= 0.6 is 11.3 Å². The number of ether oxygens (including phenoxy) is 1. The van der Waals surface area contributed by atoms with E-state index in [1.165, 1.54) is 0 Å². The van der Waals surface area contributed by atoms with Crippen molar-refractivity contribution in [2.45, 2.75) is 23.9 Å². The molecule has 142 valence electrons. The zero-order valence-corrected chi connectivity index (χ0v) is 12.5. The van der Waals surface area contributed by atoms with Crippen LogP contribution in [-0.4, -0.2) is 42.9 Å². The highest BCUT2D eigenvalue weighted by atomic mass is 32.1. The molecule has 0 saturated heterocycles. The van der Waals surface area contributed by atoms with Crippen LogP contribution in [-0.2, 0) is 9.53 Å². The average Bonchev–Trinajstić information content (AvgIpc) is 2.92.